The maximum absolute atomic E-state index is 7.10. The molecule has 2 nitrogen and oxygen atoms in total. The van der Waals surface area contributed by atoms with Crippen molar-refractivity contribution in [3.63, 3.8) is 0 Å². The molecule has 0 fully saturated rings. The Kier molecular flexibility index (Phi) is 6.64. The third kappa shape index (κ3) is 4.63. The van der Waals surface area contributed by atoms with Crippen LogP contribution in [0.4, 0.5) is 0 Å². The second-order valence-corrected chi connectivity index (χ2v) is 12.9. The minimum absolute atomic E-state index is 0.104. The maximum Gasteiger partial charge on any atom is 0.193 e. The van der Waals surface area contributed by atoms with Gasteiger partial charge in [-0.15, -0.1) is 0 Å². The van der Waals surface area contributed by atoms with Gasteiger partial charge in [-0.25, -0.2) is 0 Å². The van der Waals surface area contributed by atoms with Gasteiger partial charge in [0.1, 0.15) is 0 Å². The van der Waals surface area contributed by atoms with Crippen molar-refractivity contribution < 1.29 is 4.43 Å². The lowest BCUT2D eigenvalue weighted by molar-refractivity contribution is 0.230. The number of hydrogen-bond donors (Lipinski definition) is 0. The van der Waals surface area contributed by atoms with Gasteiger partial charge in [-0.2, -0.15) is 0 Å². The van der Waals surface area contributed by atoms with Crippen LogP contribution < -0.4 is 0 Å². The Labute approximate surface area is 187 Å². The summed E-state index contributed by atoms with van der Waals surface area (Å²) in [6, 6.07) is 31.3. The first-order valence-electron chi connectivity index (χ1n) is 11.3. The van der Waals surface area contributed by atoms with Gasteiger partial charge in [-0.1, -0.05) is 87.5 Å². The molecule has 0 spiro atoms. The molecule has 0 aliphatic carbocycles. The molecule has 1 heterocycles. The second-order valence-electron chi connectivity index (χ2n) is 8.22. The summed E-state index contributed by atoms with van der Waals surface area (Å²) in [5.41, 5.74) is 4.64. The highest BCUT2D eigenvalue weighted by Crippen LogP contribution is 2.36. The molecule has 0 bridgehead atoms. The number of aromatic nitrogens is 1. The lowest BCUT2D eigenvalue weighted by Crippen LogP contribution is -2.37. The van der Waals surface area contributed by atoms with Crippen molar-refractivity contribution in [1.29, 1.82) is 0 Å². The van der Waals surface area contributed by atoms with E-state index < -0.39 is 8.32 Å². The van der Waals surface area contributed by atoms with E-state index in [0.29, 0.717) is 0 Å². The zero-order chi connectivity index (χ0) is 21.7. The maximum atomic E-state index is 7.10. The zero-order valence-electron chi connectivity index (χ0n) is 18.7. The van der Waals surface area contributed by atoms with E-state index in [0.717, 1.165) is 29.3 Å². The quantitative estimate of drug-likeness (QED) is 0.267. The molecule has 0 saturated carbocycles. The van der Waals surface area contributed by atoms with Gasteiger partial charge in [0.05, 0.1) is 6.10 Å². The Balaban J connectivity index is 1.82. The molecule has 0 amide bonds. The highest BCUT2D eigenvalue weighted by molar-refractivity contribution is 6.73. The van der Waals surface area contributed by atoms with Gasteiger partial charge in [0, 0.05) is 23.5 Å². The van der Waals surface area contributed by atoms with Gasteiger partial charge >= 0.3 is 0 Å². The molecular formula is C28H31NOSi. The van der Waals surface area contributed by atoms with Gasteiger partial charge in [0.25, 0.3) is 0 Å². The Morgan fingerprint density at radius 1 is 0.677 bits per heavy atom. The second kappa shape index (κ2) is 9.59. The van der Waals surface area contributed by atoms with Crippen LogP contribution in [0.25, 0.3) is 21.9 Å². The van der Waals surface area contributed by atoms with E-state index in [1.807, 2.05) is 18.5 Å². The van der Waals surface area contributed by atoms with Gasteiger partial charge < -0.3 is 4.43 Å². The predicted molar refractivity (Wildman–Crippen MR) is 134 cm³/mol. The highest BCUT2D eigenvalue weighted by Gasteiger charge is 2.33. The van der Waals surface area contributed by atoms with Crippen LogP contribution in [0.5, 0.6) is 0 Å². The van der Waals surface area contributed by atoms with Crippen molar-refractivity contribution >= 4 is 19.1 Å². The molecule has 158 valence electrons. The van der Waals surface area contributed by atoms with Crippen LogP contribution >= 0.6 is 0 Å². The first kappa shape index (κ1) is 21.5. The first-order valence-corrected chi connectivity index (χ1v) is 13.9. The topological polar surface area (TPSA) is 22.1 Å². The van der Waals surface area contributed by atoms with Gasteiger partial charge in [-0.3, -0.25) is 4.98 Å². The summed E-state index contributed by atoms with van der Waals surface area (Å²) < 4.78 is 7.10. The fourth-order valence-corrected chi connectivity index (χ4v) is 7.11. The summed E-state index contributed by atoms with van der Waals surface area (Å²) in [7, 11) is -1.84. The number of pyridine rings is 1. The van der Waals surface area contributed by atoms with E-state index in [-0.39, 0.29) is 6.10 Å². The molecule has 3 aromatic carbocycles. The van der Waals surface area contributed by atoms with Crippen LogP contribution in [-0.4, -0.2) is 13.3 Å². The minimum atomic E-state index is -1.84. The summed E-state index contributed by atoms with van der Waals surface area (Å²) in [5, 5.41) is 2.50. The Hall–Kier alpha value is -2.75. The van der Waals surface area contributed by atoms with Crippen LogP contribution in [-0.2, 0) is 4.43 Å². The molecule has 0 saturated heterocycles. The summed E-state index contributed by atoms with van der Waals surface area (Å²) in [6.45, 7) is 6.86. The molecule has 0 aliphatic heterocycles. The zero-order valence-corrected chi connectivity index (χ0v) is 19.7. The standard InChI is InChI=1S/C28H31NOSi/c1-4-31(5-2,6-3)30-28(25-17-16-23-14-10-11-15-24(23)18-25)27-19-26(20-29-21-27)22-12-8-7-9-13-22/h7-21,28H,4-6H2,1-3H3. The van der Waals surface area contributed by atoms with E-state index in [1.54, 1.807) is 0 Å². The van der Waals surface area contributed by atoms with Crippen LogP contribution in [0.1, 0.15) is 38.0 Å². The van der Waals surface area contributed by atoms with E-state index in [2.05, 4.69) is 98.6 Å². The number of rotatable bonds is 8. The van der Waals surface area contributed by atoms with Crippen molar-refractivity contribution in [1.82, 2.24) is 4.98 Å². The minimum Gasteiger partial charge on any atom is -0.406 e. The van der Waals surface area contributed by atoms with E-state index in [9.17, 15) is 0 Å². The highest BCUT2D eigenvalue weighted by atomic mass is 28.4. The Morgan fingerprint density at radius 2 is 1.35 bits per heavy atom. The largest absolute Gasteiger partial charge is 0.406 e. The van der Waals surface area contributed by atoms with E-state index in [4.69, 9.17) is 4.43 Å². The molecule has 1 aromatic heterocycles. The van der Waals surface area contributed by atoms with Crippen LogP contribution in [0, 0.1) is 0 Å². The van der Waals surface area contributed by atoms with Crippen molar-refractivity contribution in [2.75, 3.05) is 0 Å². The number of hydrogen-bond acceptors (Lipinski definition) is 2. The fourth-order valence-electron chi connectivity index (χ4n) is 4.34. The third-order valence-electron chi connectivity index (χ3n) is 6.55. The monoisotopic (exact) mass is 425 g/mol. The van der Waals surface area contributed by atoms with Crippen molar-refractivity contribution in [2.24, 2.45) is 0 Å². The number of benzene rings is 3. The molecule has 0 aliphatic rings. The van der Waals surface area contributed by atoms with Gasteiger partial charge in [0.2, 0.25) is 0 Å². The molecule has 3 heteroatoms. The average molecular weight is 426 g/mol. The fraction of sp³-hybridized carbons (Fsp3) is 0.250. The van der Waals surface area contributed by atoms with Crippen molar-refractivity contribution in [3.05, 3.63) is 102 Å². The molecule has 1 atom stereocenters. The number of fused-ring (bicyclic) bond motifs is 1. The van der Waals surface area contributed by atoms with Crippen molar-refractivity contribution in [2.45, 2.75) is 45.0 Å². The summed E-state index contributed by atoms with van der Waals surface area (Å²) in [6.07, 6.45) is 3.82. The first-order chi connectivity index (χ1) is 15.2. The molecular weight excluding hydrogens is 394 g/mol. The van der Waals surface area contributed by atoms with Crippen LogP contribution in [0.15, 0.2) is 91.3 Å². The smallest absolute Gasteiger partial charge is 0.193 e. The van der Waals surface area contributed by atoms with Crippen LogP contribution in [0.2, 0.25) is 18.1 Å². The van der Waals surface area contributed by atoms with E-state index >= 15 is 0 Å². The molecule has 31 heavy (non-hydrogen) atoms. The molecule has 4 rings (SSSR count). The normalized spacial score (nSPS) is 12.7. The molecule has 4 aromatic rings. The molecule has 0 radical (unpaired) electrons. The van der Waals surface area contributed by atoms with Gasteiger partial charge in [-0.05, 0) is 52.2 Å². The third-order valence-corrected chi connectivity index (χ3v) is 11.1. The lowest BCUT2D eigenvalue weighted by Gasteiger charge is -2.34. The van der Waals surface area contributed by atoms with Crippen LogP contribution in [0.3, 0.4) is 0 Å². The summed E-state index contributed by atoms with van der Waals surface area (Å²) in [4.78, 5) is 4.61. The molecule has 1 unspecified atom stereocenters. The summed E-state index contributed by atoms with van der Waals surface area (Å²) >= 11 is 0. The van der Waals surface area contributed by atoms with Gasteiger partial charge in [0.15, 0.2) is 8.32 Å². The molecule has 0 N–H and O–H groups in total. The summed E-state index contributed by atoms with van der Waals surface area (Å²) in [5.74, 6) is 0. The Bertz CT molecular complexity index is 1130. The van der Waals surface area contributed by atoms with E-state index in [1.165, 1.54) is 21.9 Å². The lowest BCUT2D eigenvalue weighted by atomic mass is 9.97. The Morgan fingerprint density at radius 3 is 2.06 bits per heavy atom. The number of nitrogens with zero attached hydrogens (tertiary/aromatic N) is 1. The predicted octanol–water partition coefficient (Wildman–Crippen LogP) is 8.01. The average Bonchev–Trinajstić information content (AvgIpc) is 2.86. The van der Waals surface area contributed by atoms with Crippen molar-refractivity contribution in [3.8, 4) is 11.1 Å². The SMILES string of the molecule is CC[Si](CC)(CC)OC(c1cncc(-c2ccccc2)c1)c1ccc2ccccc2c1.